The predicted octanol–water partition coefficient (Wildman–Crippen LogP) is 25.6. The lowest BCUT2D eigenvalue weighted by atomic mass is 9.79. The lowest BCUT2D eigenvalue weighted by Gasteiger charge is -2.30. The summed E-state index contributed by atoms with van der Waals surface area (Å²) in [5.74, 6) is 0. The Hall–Kier alpha value is -8.72. The van der Waals surface area contributed by atoms with Gasteiger partial charge in [-0.15, -0.1) is 0 Å². The Morgan fingerprint density at radius 1 is 0.256 bits per heavy atom. The molecule has 0 fully saturated rings. The summed E-state index contributed by atoms with van der Waals surface area (Å²) in [6.45, 7) is 41.8. The highest BCUT2D eigenvalue weighted by molar-refractivity contribution is 6.28. The van der Waals surface area contributed by atoms with E-state index in [1.165, 1.54) is 127 Å². The van der Waals surface area contributed by atoms with Gasteiger partial charge >= 0.3 is 0 Å². The van der Waals surface area contributed by atoms with Crippen LogP contribution in [0.1, 0.15) is 158 Å². The van der Waals surface area contributed by atoms with E-state index in [2.05, 4.69) is 352 Å². The van der Waals surface area contributed by atoms with Crippen LogP contribution in [-0.4, -0.2) is 4.57 Å². The third-order valence-corrected chi connectivity index (χ3v) is 19.2. The van der Waals surface area contributed by atoms with Crippen LogP contribution in [0.5, 0.6) is 0 Å². The summed E-state index contributed by atoms with van der Waals surface area (Å²) in [6.07, 6.45) is 0. The number of para-hydroxylation sites is 1. The monoisotopic (exact) mass is 1170 g/mol. The lowest BCUT2D eigenvalue weighted by Crippen LogP contribution is -2.16. The van der Waals surface area contributed by atoms with Crippen molar-refractivity contribution in [1.82, 2.24) is 4.57 Å². The second kappa shape index (κ2) is 21.5. The number of rotatable bonds is 8. The summed E-state index contributed by atoms with van der Waals surface area (Å²) in [6, 6.07) is 84.6. The van der Waals surface area contributed by atoms with E-state index in [0.29, 0.717) is 0 Å². The van der Waals surface area contributed by atoms with Crippen molar-refractivity contribution in [2.75, 3.05) is 4.90 Å². The van der Waals surface area contributed by atoms with Crippen molar-refractivity contribution >= 4 is 71.2 Å². The Morgan fingerprint density at radius 3 is 1.16 bits per heavy atom. The second-order valence-corrected chi connectivity index (χ2v) is 32.1. The fraction of sp³-hybridized carbons (Fsp3) is 0.273. The van der Waals surface area contributed by atoms with Crippen LogP contribution < -0.4 is 4.90 Å². The SMILES string of the molecule is CC(C)(C)c1cc(-c2cccc(-c3cccc(N(c4ccccc4-c4cccc(-c5cc(C(C)(C)C)cc(C(C)(C)C)c5)c4)c4ccc5ccc6c(-n7c8ccc(C(C)(C)C)cc8c8cc(C(C)(C)C)ccc87)ccc7ccc4c5c76)c3)c2)cc(C(C)(C)C)c1. The molecule has 0 aliphatic carbocycles. The van der Waals surface area contributed by atoms with Crippen molar-refractivity contribution in [3.63, 3.8) is 0 Å². The standard InChI is InChI=1S/C88H90N2/c1-83(2,3)64-36-42-79-74(53-64)75-54-65(84(4,5)6)37-43-80(75)90(79)78-41-35-56-32-38-72-77(40-34-55-33-39-73(78)82(56)81(55)72)89(70-29-23-27-60(50-70)57-24-21-25-58(44-57)62-46-66(85(7,8)9)51-67(47-62)86(10,11)12)76-31-20-19-30-71(76)61-28-22-26-59(45-61)63-48-68(87(13,14)15)52-69(49-63)88(16,17)18/h19-54H,1-18H3. The molecule has 12 aromatic carbocycles. The normalized spacial score (nSPS) is 13.0. The first-order chi connectivity index (χ1) is 42.4. The van der Waals surface area contributed by atoms with Crippen LogP contribution in [-0.2, 0) is 32.5 Å². The molecule has 0 amide bonds. The summed E-state index contributed by atoms with van der Waals surface area (Å²) in [4.78, 5) is 2.55. The Balaban J connectivity index is 1.03. The zero-order valence-electron chi connectivity index (χ0n) is 56.7. The van der Waals surface area contributed by atoms with Gasteiger partial charge in [0, 0.05) is 32.8 Å². The molecule has 2 nitrogen and oxygen atoms in total. The largest absolute Gasteiger partial charge is 0.309 e. The first-order valence-electron chi connectivity index (χ1n) is 32.7. The van der Waals surface area contributed by atoms with Crippen LogP contribution in [0.25, 0.3) is 104 Å². The van der Waals surface area contributed by atoms with Gasteiger partial charge in [-0.3, -0.25) is 0 Å². The Kier molecular flexibility index (Phi) is 14.4. The van der Waals surface area contributed by atoms with E-state index in [1.807, 2.05) is 0 Å². The van der Waals surface area contributed by atoms with Crippen molar-refractivity contribution in [2.45, 2.75) is 157 Å². The van der Waals surface area contributed by atoms with E-state index in [4.69, 9.17) is 0 Å². The van der Waals surface area contributed by atoms with Crippen LogP contribution in [0.3, 0.4) is 0 Å². The van der Waals surface area contributed by atoms with Crippen LogP contribution in [0.15, 0.2) is 218 Å². The molecule has 0 radical (unpaired) electrons. The molecule has 0 aliphatic rings. The van der Waals surface area contributed by atoms with Gasteiger partial charge in [0.05, 0.1) is 28.1 Å². The maximum atomic E-state index is 2.55. The summed E-state index contributed by atoms with van der Waals surface area (Å²) in [7, 11) is 0. The average molecular weight is 1180 g/mol. The number of hydrogen-bond donors (Lipinski definition) is 0. The number of fused-ring (bicyclic) bond motifs is 3. The van der Waals surface area contributed by atoms with Crippen molar-refractivity contribution in [2.24, 2.45) is 0 Å². The molecule has 1 heterocycles. The van der Waals surface area contributed by atoms with Crippen molar-refractivity contribution < 1.29 is 0 Å². The van der Waals surface area contributed by atoms with Gasteiger partial charge in [0.15, 0.2) is 0 Å². The van der Waals surface area contributed by atoms with Gasteiger partial charge in [0.25, 0.3) is 0 Å². The molecule has 0 atom stereocenters. The molecule has 13 rings (SSSR count). The average Bonchev–Trinajstić information content (AvgIpc) is 1.25. The van der Waals surface area contributed by atoms with Gasteiger partial charge in [-0.2, -0.15) is 0 Å². The van der Waals surface area contributed by atoms with E-state index < -0.39 is 0 Å². The number of benzene rings is 12. The highest BCUT2D eigenvalue weighted by Crippen LogP contribution is 2.50. The molecular formula is C88H90N2. The molecule has 0 spiro atoms. The number of nitrogens with zero attached hydrogens (tertiary/aromatic N) is 2. The number of hydrogen-bond acceptors (Lipinski definition) is 1. The van der Waals surface area contributed by atoms with E-state index >= 15 is 0 Å². The minimum Gasteiger partial charge on any atom is -0.309 e. The zero-order valence-corrected chi connectivity index (χ0v) is 56.7. The van der Waals surface area contributed by atoms with E-state index in [0.717, 1.165) is 28.2 Å². The van der Waals surface area contributed by atoms with Gasteiger partial charge in [0.1, 0.15) is 0 Å². The third-order valence-electron chi connectivity index (χ3n) is 19.2. The third kappa shape index (κ3) is 11.0. The minimum atomic E-state index is -0.01000. The quantitative estimate of drug-likeness (QED) is 0.138. The molecule has 0 unspecified atom stereocenters. The van der Waals surface area contributed by atoms with Crippen molar-refractivity contribution in [3.05, 3.63) is 252 Å². The van der Waals surface area contributed by atoms with Crippen molar-refractivity contribution in [1.29, 1.82) is 0 Å². The van der Waals surface area contributed by atoms with Gasteiger partial charge in [-0.1, -0.05) is 276 Å². The molecule has 0 saturated heterocycles. The number of anilines is 3. The van der Waals surface area contributed by atoms with Crippen LogP contribution in [0, 0.1) is 0 Å². The second-order valence-electron chi connectivity index (χ2n) is 32.1. The molecule has 1 aromatic heterocycles. The smallest absolute Gasteiger partial charge is 0.0541 e. The molecule has 0 saturated carbocycles. The lowest BCUT2D eigenvalue weighted by molar-refractivity contribution is 0.568. The van der Waals surface area contributed by atoms with Gasteiger partial charge in [-0.25, -0.2) is 0 Å². The van der Waals surface area contributed by atoms with E-state index in [1.54, 1.807) is 0 Å². The molecule has 90 heavy (non-hydrogen) atoms. The molecule has 0 bridgehead atoms. The summed E-state index contributed by atoms with van der Waals surface area (Å²) in [5.41, 5.74) is 24.6. The molecular weight excluding hydrogens is 1080 g/mol. The summed E-state index contributed by atoms with van der Waals surface area (Å²) >= 11 is 0. The Bertz CT molecular complexity index is 4800. The van der Waals surface area contributed by atoms with E-state index in [9.17, 15) is 0 Å². The fourth-order valence-electron chi connectivity index (χ4n) is 13.6. The minimum absolute atomic E-state index is 0.00340. The van der Waals surface area contributed by atoms with Crippen molar-refractivity contribution in [3.8, 4) is 50.2 Å². The predicted molar refractivity (Wildman–Crippen MR) is 393 cm³/mol. The molecule has 0 N–H and O–H groups in total. The first-order valence-corrected chi connectivity index (χ1v) is 32.7. The highest BCUT2D eigenvalue weighted by Gasteiger charge is 2.28. The maximum Gasteiger partial charge on any atom is 0.0541 e. The Labute approximate surface area is 536 Å². The van der Waals surface area contributed by atoms with Gasteiger partial charge in [-0.05, 0) is 193 Å². The Morgan fingerprint density at radius 2 is 0.656 bits per heavy atom. The summed E-state index contributed by atoms with van der Waals surface area (Å²) in [5, 5.41) is 10.0. The fourth-order valence-corrected chi connectivity index (χ4v) is 13.6. The van der Waals surface area contributed by atoms with Crippen LogP contribution >= 0.6 is 0 Å². The van der Waals surface area contributed by atoms with Gasteiger partial charge in [0.2, 0.25) is 0 Å². The van der Waals surface area contributed by atoms with Crippen LogP contribution in [0.4, 0.5) is 17.1 Å². The molecule has 13 aromatic rings. The molecule has 2 heteroatoms. The van der Waals surface area contributed by atoms with Gasteiger partial charge < -0.3 is 9.47 Å². The van der Waals surface area contributed by atoms with E-state index in [-0.39, 0.29) is 32.5 Å². The molecule has 0 aliphatic heterocycles. The highest BCUT2D eigenvalue weighted by atomic mass is 15.1. The topological polar surface area (TPSA) is 8.17 Å². The van der Waals surface area contributed by atoms with Crippen LogP contribution in [0.2, 0.25) is 0 Å². The zero-order chi connectivity index (χ0) is 63.8. The molecule has 452 valence electrons. The number of aromatic nitrogens is 1. The maximum absolute atomic E-state index is 2.55. The first kappa shape index (κ1) is 60.2. The summed E-state index contributed by atoms with van der Waals surface area (Å²) < 4.78 is 2.54.